The predicted octanol–water partition coefficient (Wildman–Crippen LogP) is 6.84. The summed E-state index contributed by atoms with van der Waals surface area (Å²) < 4.78 is 109. The molecule has 234 valence electrons. The number of likely N-dealkylation sites (tertiary alicyclic amines) is 1. The molecule has 2 amide bonds. The second kappa shape index (κ2) is 9.44. The van der Waals surface area contributed by atoms with Crippen LogP contribution in [0.4, 0.5) is 38.3 Å². The van der Waals surface area contributed by atoms with Crippen LogP contribution in [0.15, 0.2) is 47.6 Å². The van der Waals surface area contributed by atoms with E-state index in [2.05, 4.69) is 10.3 Å². The molecule has 2 aromatic rings. The molecule has 0 spiro atoms. The average molecular weight is 638 g/mol. The Morgan fingerprint density at radius 2 is 1.74 bits per heavy atom. The van der Waals surface area contributed by atoms with Crippen molar-refractivity contribution in [2.45, 2.75) is 68.0 Å². The fourth-order valence-corrected chi connectivity index (χ4v) is 6.75. The van der Waals surface area contributed by atoms with Gasteiger partial charge in [-0.1, -0.05) is 26.4 Å². The van der Waals surface area contributed by atoms with Crippen LogP contribution in [-0.4, -0.2) is 46.2 Å². The molecule has 1 aromatic carbocycles. The number of amides is 2. The monoisotopic (exact) mass is 637 g/mol. The number of carbonyl (C=O) groups is 2. The Balaban J connectivity index is 1.60. The first-order valence-electron chi connectivity index (χ1n) is 13.3. The van der Waals surface area contributed by atoms with E-state index in [1.54, 1.807) is 0 Å². The van der Waals surface area contributed by atoms with Gasteiger partial charge in [-0.2, -0.15) is 5.26 Å². The molecule has 0 bridgehead atoms. The Hall–Kier alpha value is -3.61. The normalized spacial score (nSPS) is 27.2. The van der Waals surface area contributed by atoms with Crippen molar-refractivity contribution in [2.75, 3.05) is 11.4 Å². The topological polar surface area (TPSA) is 89.3 Å². The SMILES string of the molecule is C[C@@]12C[C@@H]1[C@H](C(=O)N(c1ccc(S(F)(F)(F)(F)F)cc1)[C@@H](C(=O)NC1CCC(F)(F)CC1)c1cncc(F)c1)N(C#N)C2. The van der Waals surface area contributed by atoms with Crippen molar-refractivity contribution >= 4 is 27.7 Å². The van der Waals surface area contributed by atoms with E-state index >= 15 is 0 Å². The summed E-state index contributed by atoms with van der Waals surface area (Å²) in [7, 11) is -10.1. The second-order valence-electron chi connectivity index (χ2n) is 11.8. The van der Waals surface area contributed by atoms with E-state index in [0.29, 0.717) is 18.6 Å². The number of pyridine rings is 1. The molecule has 2 aliphatic carbocycles. The number of anilines is 1. The summed E-state index contributed by atoms with van der Waals surface area (Å²) in [5.41, 5.74) is -1.05. The van der Waals surface area contributed by atoms with Gasteiger partial charge in [-0.05, 0) is 60.9 Å². The van der Waals surface area contributed by atoms with Gasteiger partial charge in [-0.3, -0.25) is 24.4 Å². The molecule has 5 rings (SSSR count). The van der Waals surface area contributed by atoms with Gasteiger partial charge in [0, 0.05) is 42.9 Å². The first kappa shape index (κ1) is 30.8. The van der Waals surface area contributed by atoms with Crippen LogP contribution >= 0.6 is 10.2 Å². The van der Waals surface area contributed by atoms with Gasteiger partial charge in [0.2, 0.25) is 11.8 Å². The highest BCUT2D eigenvalue weighted by molar-refractivity contribution is 8.45. The summed E-state index contributed by atoms with van der Waals surface area (Å²) in [5, 5.41) is 12.3. The first-order valence-corrected chi connectivity index (χ1v) is 15.3. The van der Waals surface area contributed by atoms with Crippen molar-refractivity contribution in [3.8, 4) is 6.19 Å². The minimum atomic E-state index is -10.1. The third kappa shape index (κ3) is 6.22. The number of hydrogen-bond donors (Lipinski definition) is 1. The number of hydrogen-bond acceptors (Lipinski definition) is 5. The molecule has 3 aliphatic rings. The fraction of sp³-hybridized carbons (Fsp3) is 0.481. The standard InChI is InChI=1S/C27H27F8N5O2S/c1-26-11-21(26)23(39(14-26)15-36)25(42)40(19-2-4-20(5-3-19)43(31,32,33,34)35)22(16-10-17(28)13-37-12-16)24(41)38-18-6-8-27(29,30)9-7-18/h2-5,10,12-13,18,21-23H,6-9,11,14H2,1H3,(H,38,41)/t21-,22-,23-,26+/m1/s1. The lowest BCUT2D eigenvalue weighted by atomic mass is 9.91. The number of nitriles is 1. The van der Waals surface area contributed by atoms with Crippen LogP contribution in [0.2, 0.25) is 0 Å². The van der Waals surface area contributed by atoms with Gasteiger partial charge < -0.3 is 5.32 Å². The van der Waals surface area contributed by atoms with Gasteiger partial charge in [-0.25, -0.2) is 13.2 Å². The largest absolute Gasteiger partial charge is 0.351 e. The highest BCUT2D eigenvalue weighted by atomic mass is 32.5. The molecule has 0 radical (unpaired) electrons. The Labute approximate surface area is 241 Å². The molecular weight excluding hydrogens is 610 g/mol. The van der Waals surface area contributed by atoms with Crippen LogP contribution in [0, 0.1) is 28.6 Å². The number of benzene rings is 1. The molecule has 7 nitrogen and oxygen atoms in total. The molecule has 4 atom stereocenters. The predicted molar refractivity (Wildman–Crippen MR) is 140 cm³/mol. The van der Waals surface area contributed by atoms with Crippen molar-refractivity contribution < 1.29 is 42.2 Å². The van der Waals surface area contributed by atoms with Crippen LogP contribution < -0.4 is 10.2 Å². The molecule has 1 N–H and O–H groups in total. The zero-order chi connectivity index (χ0) is 31.7. The van der Waals surface area contributed by atoms with Gasteiger partial charge in [0.05, 0.1) is 6.20 Å². The number of alkyl halides is 2. The summed E-state index contributed by atoms with van der Waals surface area (Å²) in [6.07, 6.45) is 3.01. The second-order valence-corrected chi connectivity index (χ2v) is 14.2. The quantitative estimate of drug-likeness (QED) is 0.265. The minimum Gasteiger partial charge on any atom is -0.351 e. The van der Waals surface area contributed by atoms with Crippen LogP contribution in [0.1, 0.15) is 50.6 Å². The molecule has 0 unspecified atom stereocenters. The lowest BCUT2D eigenvalue weighted by Gasteiger charge is -2.41. The number of fused-ring (bicyclic) bond motifs is 1. The third-order valence-corrected chi connectivity index (χ3v) is 9.62. The Morgan fingerprint density at radius 1 is 1.12 bits per heavy atom. The molecule has 1 saturated heterocycles. The molecule has 2 heterocycles. The van der Waals surface area contributed by atoms with Gasteiger partial charge in [-0.15, -0.1) is 0 Å². The van der Waals surface area contributed by atoms with Crippen molar-refractivity contribution in [1.29, 1.82) is 5.26 Å². The van der Waals surface area contributed by atoms with Crippen LogP contribution in [0.3, 0.4) is 0 Å². The lowest BCUT2D eigenvalue weighted by Crippen LogP contribution is -2.53. The minimum absolute atomic E-state index is 0.0805. The number of halogens is 8. The number of carbonyl (C=O) groups excluding carboxylic acids is 2. The smallest absolute Gasteiger partial charge is 0.310 e. The molecule has 1 aromatic heterocycles. The molecule has 16 heteroatoms. The Kier molecular flexibility index (Phi) is 6.77. The molecular formula is C27H27F8N5O2S. The summed E-state index contributed by atoms with van der Waals surface area (Å²) in [5.74, 6) is -6.10. The molecule has 3 fully saturated rings. The number of nitrogens with zero attached hydrogens (tertiary/aromatic N) is 4. The number of piperidine rings is 1. The maximum absolute atomic E-state index is 14.4. The van der Waals surface area contributed by atoms with E-state index in [9.17, 15) is 47.5 Å². The zero-order valence-corrected chi connectivity index (χ0v) is 23.4. The van der Waals surface area contributed by atoms with E-state index in [1.165, 1.54) is 4.90 Å². The summed E-state index contributed by atoms with van der Waals surface area (Å²) in [6.45, 7) is 2.03. The van der Waals surface area contributed by atoms with Crippen LogP contribution in [0.25, 0.3) is 0 Å². The number of aromatic nitrogens is 1. The maximum Gasteiger partial charge on any atom is 0.310 e. The van der Waals surface area contributed by atoms with E-state index in [-0.39, 0.29) is 43.0 Å². The lowest BCUT2D eigenvalue weighted by molar-refractivity contribution is -0.129. The third-order valence-electron chi connectivity index (χ3n) is 8.46. The molecule has 2 saturated carbocycles. The van der Waals surface area contributed by atoms with Crippen molar-refractivity contribution in [2.24, 2.45) is 11.3 Å². The zero-order valence-electron chi connectivity index (χ0n) is 22.6. The van der Waals surface area contributed by atoms with E-state index in [0.717, 1.165) is 23.4 Å². The van der Waals surface area contributed by atoms with E-state index < -0.39 is 80.7 Å². The highest BCUT2D eigenvalue weighted by Crippen LogP contribution is 3.02. The van der Waals surface area contributed by atoms with Crippen LogP contribution in [-0.2, 0) is 9.59 Å². The Bertz CT molecular complexity index is 1490. The molecule has 1 aliphatic heterocycles. The highest BCUT2D eigenvalue weighted by Gasteiger charge is 2.66. The van der Waals surface area contributed by atoms with Crippen molar-refractivity contribution in [1.82, 2.24) is 15.2 Å². The summed E-state index contributed by atoms with van der Waals surface area (Å²) in [6, 6.07) is -1.52. The van der Waals surface area contributed by atoms with Crippen molar-refractivity contribution in [3.05, 3.63) is 54.1 Å². The summed E-state index contributed by atoms with van der Waals surface area (Å²) >= 11 is 0. The van der Waals surface area contributed by atoms with E-state index in [1.807, 2.05) is 13.1 Å². The van der Waals surface area contributed by atoms with Crippen molar-refractivity contribution in [3.63, 3.8) is 0 Å². The van der Waals surface area contributed by atoms with E-state index in [4.69, 9.17) is 0 Å². The van der Waals surface area contributed by atoms with Gasteiger partial charge in [0.15, 0.2) is 6.19 Å². The fourth-order valence-electron chi connectivity index (χ4n) is 6.10. The van der Waals surface area contributed by atoms with Gasteiger partial charge >= 0.3 is 10.2 Å². The average Bonchev–Trinajstić information content (AvgIpc) is 3.46. The number of rotatable bonds is 7. The number of nitrogens with one attached hydrogen (secondary N) is 1. The Morgan fingerprint density at radius 3 is 2.30 bits per heavy atom. The maximum atomic E-state index is 14.4. The van der Waals surface area contributed by atoms with Crippen LogP contribution in [0.5, 0.6) is 0 Å². The first-order chi connectivity index (χ1) is 19.7. The summed E-state index contributed by atoms with van der Waals surface area (Å²) in [4.78, 5) is 31.5. The van der Waals surface area contributed by atoms with Gasteiger partial charge in [0.1, 0.15) is 22.8 Å². The molecule has 43 heavy (non-hydrogen) atoms. The van der Waals surface area contributed by atoms with Gasteiger partial charge in [0.25, 0.3) is 5.91 Å².